The predicted molar refractivity (Wildman–Crippen MR) is 77.8 cm³/mol. The molecule has 0 aliphatic carbocycles. The Morgan fingerprint density at radius 1 is 1.32 bits per heavy atom. The molecular weight excluding hydrogens is 264 g/mol. The molecule has 19 heavy (non-hydrogen) atoms. The van der Waals surface area contributed by atoms with E-state index in [1.807, 2.05) is 0 Å². The number of hydrogen-bond acceptors (Lipinski definition) is 4. The van der Waals surface area contributed by atoms with Crippen LogP contribution >= 0.6 is 0 Å². The van der Waals surface area contributed by atoms with Gasteiger partial charge in [-0.25, -0.2) is 8.42 Å². The first-order valence-corrected chi connectivity index (χ1v) is 8.46. The number of hydrogen-bond donors (Lipinski definition) is 1. The van der Waals surface area contributed by atoms with Crippen LogP contribution in [0.1, 0.15) is 40.0 Å². The van der Waals surface area contributed by atoms with E-state index in [2.05, 4.69) is 5.32 Å². The van der Waals surface area contributed by atoms with Crippen molar-refractivity contribution in [3.63, 3.8) is 0 Å². The number of piperidine rings is 1. The average Bonchev–Trinajstić information content (AvgIpc) is 2.34. The highest BCUT2D eigenvalue weighted by Crippen LogP contribution is 2.27. The molecule has 1 fully saturated rings. The van der Waals surface area contributed by atoms with Gasteiger partial charge in [-0.05, 0) is 33.6 Å². The summed E-state index contributed by atoms with van der Waals surface area (Å²) in [5.74, 6) is 0. The molecule has 1 rings (SSSR count). The molecule has 1 saturated heterocycles. The van der Waals surface area contributed by atoms with Crippen LogP contribution in [0.5, 0.6) is 0 Å². The summed E-state index contributed by atoms with van der Waals surface area (Å²) in [6, 6.07) is 0.0785. The molecule has 1 N–H and O–H groups in total. The molecule has 1 heterocycles. The zero-order valence-electron chi connectivity index (χ0n) is 12.6. The third kappa shape index (κ3) is 4.41. The van der Waals surface area contributed by atoms with E-state index in [1.165, 1.54) is 0 Å². The Balaban J connectivity index is 2.68. The number of sulfonamides is 1. The van der Waals surface area contributed by atoms with Gasteiger partial charge in [0.25, 0.3) is 0 Å². The normalized spacial score (nSPS) is 22.6. The van der Waals surface area contributed by atoms with Crippen LogP contribution in [0.15, 0.2) is 0 Å². The monoisotopic (exact) mass is 292 g/mol. The largest absolute Gasteiger partial charge is 0.383 e. The van der Waals surface area contributed by atoms with Crippen LogP contribution in [0.4, 0.5) is 0 Å². The molecule has 0 spiro atoms. The van der Waals surface area contributed by atoms with E-state index in [4.69, 9.17) is 4.74 Å². The zero-order valence-corrected chi connectivity index (χ0v) is 13.4. The SMILES string of the molecule is COCCNCC1CCCCN1S(=O)(=O)C(C)(C)C. The van der Waals surface area contributed by atoms with Gasteiger partial charge in [-0.3, -0.25) is 0 Å². The van der Waals surface area contributed by atoms with E-state index < -0.39 is 14.8 Å². The maximum absolute atomic E-state index is 12.6. The van der Waals surface area contributed by atoms with Gasteiger partial charge in [-0.2, -0.15) is 4.31 Å². The summed E-state index contributed by atoms with van der Waals surface area (Å²) in [6.07, 6.45) is 3.01. The maximum Gasteiger partial charge on any atom is 0.219 e. The van der Waals surface area contributed by atoms with Crippen molar-refractivity contribution in [2.45, 2.75) is 50.8 Å². The quantitative estimate of drug-likeness (QED) is 0.748. The fourth-order valence-corrected chi connectivity index (χ4v) is 3.93. The first kappa shape index (κ1) is 16.9. The lowest BCUT2D eigenvalue weighted by Gasteiger charge is -2.38. The van der Waals surface area contributed by atoms with E-state index >= 15 is 0 Å². The van der Waals surface area contributed by atoms with Crippen molar-refractivity contribution in [2.75, 3.05) is 33.4 Å². The number of methoxy groups -OCH3 is 1. The minimum absolute atomic E-state index is 0.0785. The van der Waals surface area contributed by atoms with E-state index in [9.17, 15) is 8.42 Å². The molecule has 6 heteroatoms. The molecule has 0 radical (unpaired) electrons. The highest BCUT2D eigenvalue weighted by molar-refractivity contribution is 7.90. The Labute approximate surface area is 117 Å². The molecule has 0 saturated carbocycles. The standard InChI is InChI=1S/C13H28N2O3S/c1-13(2,3)19(16,17)15-9-6-5-7-12(15)11-14-8-10-18-4/h12,14H,5-11H2,1-4H3. The van der Waals surface area contributed by atoms with Gasteiger partial charge in [-0.1, -0.05) is 6.42 Å². The van der Waals surface area contributed by atoms with Gasteiger partial charge in [0.1, 0.15) is 0 Å². The van der Waals surface area contributed by atoms with Gasteiger partial charge in [0, 0.05) is 32.8 Å². The third-order valence-electron chi connectivity index (χ3n) is 3.52. The van der Waals surface area contributed by atoms with Crippen LogP contribution < -0.4 is 5.32 Å². The first-order chi connectivity index (χ1) is 8.80. The fourth-order valence-electron chi connectivity index (χ4n) is 2.29. The van der Waals surface area contributed by atoms with Gasteiger partial charge in [0.05, 0.1) is 11.4 Å². The lowest BCUT2D eigenvalue weighted by Crippen LogP contribution is -2.53. The van der Waals surface area contributed by atoms with Crippen LogP contribution in [-0.2, 0) is 14.8 Å². The highest BCUT2D eigenvalue weighted by Gasteiger charge is 2.39. The Morgan fingerprint density at radius 3 is 2.58 bits per heavy atom. The van der Waals surface area contributed by atoms with E-state index in [0.717, 1.165) is 25.8 Å². The van der Waals surface area contributed by atoms with E-state index in [-0.39, 0.29) is 6.04 Å². The summed E-state index contributed by atoms with van der Waals surface area (Å²) >= 11 is 0. The minimum atomic E-state index is -3.23. The summed E-state index contributed by atoms with van der Waals surface area (Å²) in [4.78, 5) is 0. The van der Waals surface area contributed by atoms with Gasteiger partial charge in [0.15, 0.2) is 0 Å². The molecule has 1 unspecified atom stereocenters. The van der Waals surface area contributed by atoms with Gasteiger partial charge in [0.2, 0.25) is 10.0 Å². The van der Waals surface area contributed by atoms with Crippen molar-refractivity contribution in [2.24, 2.45) is 0 Å². The van der Waals surface area contributed by atoms with Crippen LogP contribution in [-0.4, -0.2) is 56.9 Å². The number of ether oxygens (including phenoxy) is 1. The third-order valence-corrected chi connectivity index (χ3v) is 6.16. The molecule has 1 atom stereocenters. The molecular formula is C13H28N2O3S. The van der Waals surface area contributed by atoms with Gasteiger partial charge in [-0.15, -0.1) is 0 Å². The van der Waals surface area contributed by atoms with E-state index in [1.54, 1.807) is 32.2 Å². The Bertz CT molecular complexity index is 363. The molecule has 5 nitrogen and oxygen atoms in total. The van der Waals surface area contributed by atoms with Crippen molar-refractivity contribution < 1.29 is 13.2 Å². The van der Waals surface area contributed by atoms with Crippen molar-refractivity contribution in [1.82, 2.24) is 9.62 Å². The fraction of sp³-hybridized carbons (Fsp3) is 1.00. The van der Waals surface area contributed by atoms with Crippen molar-refractivity contribution in [3.05, 3.63) is 0 Å². The summed E-state index contributed by atoms with van der Waals surface area (Å²) < 4.78 is 31.1. The topological polar surface area (TPSA) is 58.6 Å². The Kier molecular flexibility index (Phi) is 6.23. The van der Waals surface area contributed by atoms with Crippen molar-refractivity contribution >= 4 is 10.0 Å². The summed E-state index contributed by atoms with van der Waals surface area (Å²) in [5.41, 5.74) is 0. The molecule has 114 valence electrons. The lowest BCUT2D eigenvalue weighted by molar-refractivity contribution is 0.191. The maximum atomic E-state index is 12.6. The second kappa shape index (κ2) is 7.02. The average molecular weight is 292 g/mol. The van der Waals surface area contributed by atoms with Crippen molar-refractivity contribution in [1.29, 1.82) is 0 Å². The predicted octanol–water partition coefficient (Wildman–Crippen LogP) is 1.21. The summed E-state index contributed by atoms with van der Waals surface area (Å²) in [5, 5.41) is 3.28. The van der Waals surface area contributed by atoms with Gasteiger partial charge < -0.3 is 10.1 Å². The van der Waals surface area contributed by atoms with Crippen LogP contribution in [0.3, 0.4) is 0 Å². The molecule has 0 aromatic heterocycles. The second-order valence-electron chi connectivity index (χ2n) is 6.07. The smallest absolute Gasteiger partial charge is 0.219 e. The number of nitrogens with one attached hydrogen (secondary N) is 1. The highest BCUT2D eigenvalue weighted by atomic mass is 32.2. The Hall–Kier alpha value is -0.170. The molecule has 0 aromatic rings. The molecule has 0 aromatic carbocycles. The second-order valence-corrected chi connectivity index (χ2v) is 8.72. The molecule has 0 amide bonds. The first-order valence-electron chi connectivity index (χ1n) is 7.01. The summed E-state index contributed by atoms with van der Waals surface area (Å²) in [6.45, 7) is 8.08. The van der Waals surface area contributed by atoms with Crippen LogP contribution in [0.25, 0.3) is 0 Å². The molecule has 0 bridgehead atoms. The zero-order chi connectivity index (χ0) is 14.5. The van der Waals surface area contributed by atoms with Crippen LogP contribution in [0.2, 0.25) is 0 Å². The number of nitrogens with zero attached hydrogens (tertiary/aromatic N) is 1. The number of rotatable bonds is 6. The minimum Gasteiger partial charge on any atom is -0.383 e. The molecule has 1 aliphatic rings. The van der Waals surface area contributed by atoms with E-state index in [0.29, 0.717) is 19.7 Å². The lowest BCUT2D eigenvalue weighted by atomic mass is 10.1. The Morgan fingerprint density at radius 2 is 2.00 bits per heavy atom. The molecule has 1 aliphatic heterocycles. The summed E-state index contributed by atoms with van der Waals surface area (Å²) in [7, 11) is -1.56. The van der Waals surface area contributed by atoms with Crippen molar-refractivity contribution in [3.8, 4) is 0 Å². The van der Waals surface area contributed by atoms with Crippen LogP contribution in [0, 0.1) is 0 Å². The van der Waals surface area contributed by atoms with Gasteiger partial charge >= 0.3 is 0 Å².